The summed E-state index contributed by atoms with van der Waals surface area (Å²) in [5.74, 6) is 0.980. The van der Waals surface area contributed by atoms with Crippen LogP contribution in [0.3, 0.4) is 0 Å². The number of carbonyl (C=O) groups excluding carboxylic acids is 1. The third-order valence-electron chi connectivity index (χ3n) is 3.99. The van der Waals surface area contributed by atoms with Crippen molar-refractivity contribution >= 4 is 33.3 Å². The second kappa shape index (κ2) is 8.27. The SMILES string of the molecule is CC(C)Oc1c(C(=O)Nc2nn[nH]n2)sc2ccc(OCc3ccccc3)cc12. The normalized spacial score (nSPS) is 11.0. The van der Waals surface area contributed by atoms with Crippen molar-refractivity contribution in [3.05, 3.63) is 59.0 Å². The van der Waals surface area contributed by atoms with Gasteiger partial charge in [-0.05, 0) is 42.8 Å². The zero-order chi connectivity index (χ0) is 20.2. The van der Waals surface area contributed by atoms with E-state index in [0.29, 0.717) is 23.0 Å². The molecule has 0 atom stereocenters. The van der Waals surface area contributed by atoms with E-state index in [0.717, 1.165) is 15.6 Å². The number of nitrogens with one attached hydrogen (secondary N) is 2. The summed E-state index contributed by atoms with van der Waals surface area (Å²) in [4.78, 5) is 13.2. The first kappa shape index (κ1) is 18.9. The van der Waals surface area contributed by atoms with Crippen LogP contribution >= 0.6 is 11.3 Å². The molecule has 0 bridgehead atoms. The molecule has 0 unspecified atom stereocenters. The van der Waals surface area contributed by atoms with Gasteiger partial charge in [0.15, 0.2) is 5.75 Å². The molecule has 0 aliphatic carbocycles. The summed E-state index contributed by atoms with van der Waals surface area (Å²) in [6.45, 7) is 4.29. The fraction of sp³-hybridized carbons (Fsp3) is 0.200. The third kappa shape index (κ3) is 4.35. The highest BCUT2D eigenvalue weighted by Gasteiger charge is 2.22. The number of tetrazole rings is 1. The number of ether oxygens (including phenoxy) is 2. The number of benzene rings is 2. The minimum Gasteiger partial charge on any atom is -0.489 e. The molecule has 9 heteroatoms. The van der Waals surface area contributed by atoms with Gasteiger partial charge in [-0.15, -0.1) is 16.4 Å². The van der Waals surface area contributed by atoms with Crippen molar-refractivity contribution in [2.24, 2.45) is 0 Å². The molecule has 2 aromatic carbocycles. The minimum atomic E-state index is -0.352. The standard InChI is InChI=1S/C20H19N5O3S/c1-12(2)28-17-15-10-14(27-11-13-6-4-3-5-7-13)8-9-16(15)29-18(17)19(26)21-20-22-24-25-23-20/h3-10,12H,11H2,1-2H3,(H2,21,22,23,24,25,26). The second-order valence-corrected chi connectivity index (χ2v) is 7.60. The fourth-order valence-electron chi connectivity index (χ4n) is 2.76. The molecule has 0 aliphatic rings. The maximum Gasteiger partial charge on any atom is 0.272 e. The summed E-state index contributed by atoms with van der Waals surface area (Å²) in [6, 6.07) is 15.7. The van der Waals surface area contributed by atoms with Crippen LogP contribution in [0.15, 0.2) is 48.5 Å². The average Bonchev–Trinajstić information content (AvgIpc) is 3.35. The summed E-state index contributed by atoms with van der Waals surface area (Å²) < 4.78 is 12.8. The maximum absolute atomic E-state index is 12.7. The molecular formula is C20H19N5O3S. The molecule has 2 aromatic heterocycles. The Morgan fingerprint density at radius 2 is 2.03 bits per heavy atom. The summed E-state index contributed by atoms with van der Waals surface area (Å²) in [7, 11) is 0. The zero-order valence-electron chi connectivity index (χ0n) is 15.9. The smallest absolute Gasteiger partial charge is 0.272 e. The second-order valence-electron chi connectivity index (χ2n) is 6.55. The quantitative estimate of drug-likeness (QED) is 0.478. The van der Waals surface area contributed by atoms with Crippen molar-refractivity contribution in [3.63, 3.8) is 0 Å². The number of nitrogens with zero attached hydrogens (tertiary/aromatic N) is 3. The van der Waals surface area contributed by atoms with E-state index in [1.807, 2.05) is 62.4 Å². The van der Waals surface area contributed by atoms with Crippen molar-refractivity contribution in [1.29, 1.82) is 0 Å². The monoisotopic (exact) mass is 409 g/mol. The van der Waals surface area contributed by atoms with Gasteiger partial charge in [0, 0.05) is 10.1 Å². The highest BCUT2D eigenvalue weighted by atomic mass is 32.1. The van der Waals surface area contributed by atoms with Crippen molar-refractivity contribution < 1.29 is 14.3 Å². The van der Waals surface area contributed by atoms with Crippen LogP contribution in [0.5, 0.6) is 11.5 Å². The number of rotatable bonds is 7. The Morgan fingerprint density at radius 3 is 2.76 bits per heavy atom. The Balaban J connectivity index is 1.64. The van der Waals surface area contributed by atoms with Crippen LogP contribution in [-0.2, 0) is 6.61 Å². The molecule has 1 amide bonds. The van der Waals surface area contributed by atoms with E-state index in [2.05, 4.69) is 25.9 Å². The maximum atomic E-state index is 12.7. The Bertz CT molecular complexity index is 1110. The van der Waals surface area contributed by atoms with Gasteiger partial charge in [0.25, 0.3) is 11.9 Å². The number of H-pyrrole nitrogens is 1. The van der Waals surface area contributed by atoms with Gasteiger partial charge in [-0.3, -0.25) is 10.1 Å². The van der Waals surface area contributed by atoms with Crippen molar-refractivity contribution in [1.82, 2.24) is 20.6 Å². The molecule has 4 rings (SSSR count). The van der Waals surface area contributed by atoms with Gasteiger partial charge in [-0.2, -0.15) is 5.21 Å². The van der Waals surface area contributed by atoms with Crippen molar-refractivity contribution in [2.45, 2.75) is 26.6 Å². The zero-order valence-corrected chi connectivity index (χ0v) is 16.7. The number of hydrogen-bond acceptors (Lipinski definition) is 7. The predicted molar refractivity (Wildman–Crippen MR) is 110 cm³/mol. The van der Waals surface area contributed by atoms with E-state index in [9.17, 15) is 4.79 Å². The van der Waals surface area contributed by atoms with Crippen molar-refractivity contribution in [2.75, 3.05) is 5.32 Å². The van der Waals surface area contributed by atoms with Gasteiger partial charge >= 0.3 is 0 Å². The lowest BCUT2D eigenvalue weighted by Crippen LogP contribution is -2.14. The molecule has 0 saturated carbocycles. The summed E-state index contributed by atoms with van der Waals surface area (Å²) in [6.07, 6.45) is -0.0987. The van der Waals surface area contributed by atoms with Crippen LogP contribution < -0.4 is 14.8 Å². The number of aromatic nitrogens is 4. The number of aromatic amines is 1. The van der Waals surface area contributed by atoms with E-state index >= 15 is 0 Å². The highest BCUT2D eigenvalue weighted by Crippen LogP contribution is 2.40. The first-order valence-corrected chi connectivity index (χ1v) is 9.86. The lowest BCUT2D eigenvalue weighted by Gasteiger charge is -2.11. The van der Waals surface area contributed by atoms with Gasteiger partial charge < -0.3 is 9.47 Å². The summed E-state index contributed by atoms with van der Waals surface area (Å²) >= 11 is 1.34. The number of hydrogen-bond donors (Lipinski definition) is 2. The van der Waals surface area contributed by atoms with Gasteiger partial charge in [0.1, 0.15) is 17.2 Å². The molecule has 0 radical (unpaired) electrons. The summed E-state index contributed by atoms with van der Waals surface area (Å²) in [5, 5.41) is 16.7. The lowest BCUT2D eigenvalue weighted by atomic mass is 10.2. The van der Waals surface area contributed by atoms with E-state index < -0.39 is 0 Å². The fourth-order valence-corrected chi connectivity index (χ4v) is 3.77. The minimum absolute atomic E-state index is 0.0987. The Hall–Kier alpha value is -3.46. The van der Waals surface area contributed by atoms with Gasteiger partial charge in [0.2, 0.25) is 0 Å². The number of fused-ring (bicyclic) bond motifs is 1. The van der Waals surface area contributed by atoms with Crippen LogP contribution in [0.1, 0.15) is 29.1 Å². The van der Waals surface area contributed by atoms with E-state index in [4.69, 9.17) is 9.47 Å². The molecule has 148 valence electrons. The molecule has 0 spiro atoms. The van der Waals surface area contributed by atoms with Crippen LogP contribution in [0.25, 0.3) is 10.1 Å². The van der Waals surface area contributed by atoms with Gasteiger partial charge in [0.05, 0.1) is 6.10 Å². The van der Waals surface area contributed by atoms with Crippen LogP contribution in [0, 0.1) is 0 Å². The van der Waals surface area contributed by atoms with E-state index in [1.165, 1.54) is 11.3 Å². The number of amides is 1. The predicted octanol–water partition coefficient (Wildman–Crippen LogP) is 4.03. The Labute approximate surface area is 170 Å². The van der Waals surface area contributed by atoms with Crippen LogP contribution in [-0.4, -0.2) is 32.6 Å². The Kier molecular flexibility index (Phi) is 5.39. The summed E-state index contributed by atoms with van der Waals surface area (Å²) in [5.41, 5.74) is 1.08. The van der Waals surface area contributed by atoms with E-state index in [-0.39, 0.29) is 18.0 Å². The average molecular weight is 409 g/mol. The largest absolute Gasteiger partial charge is 0.489 e. The molecule has 0 aliphatic heterocycles. The molecular weight excluding hydrogens is 390 g/mol. The number of carbonyl (C=O) groups is 1. The molecule has 2 N–H and O–H groups in total. The number of anilines is 1. The van der Waals surface area contributed by atoms with Crippen LogP contribution in [0.2, 0.25) is 0 Å². The lowest BCUT2D eigenvalue weighted by molar-refractivity contribution is 0.102. The first-order valence-electron chi connectivity index (χ1n) is 9.05. The molecule has 8 nitrogen and oxygen atoms in total. The highest BCUT2D eigenvalue weighted by molar-refractivity contribution is 7.21. The van der Waals surface area contributed by atoms with Crippen molar-refractivity contribution in [3.8, 4) is 11.5 Å². The first-order chi connectivity index (χ1) is 14.1. The molecule has 29 heavy (non-hydrogen) atoms. The van der Waals surface area contributed by atoms with Gasteiger partial charge in [-0.25, -0.2) is 0 Å². The van der Waals surface area contributed by atoms with Gasteiger partial charge in [-0.1, -0.05) is 35.4 Å². The molecule has 0 saturated heterocycles. The van der Waals surface area contributed by atoms with E-state index in [1.54, 1.807) is 0 Å². The molecule has 2 heterocycles. The number of thiophene rings is 1. The van der Waals surface area contributed by atoms with Crippen LogP contribution in [0.4, 0.5) is 5.95 Å². The Morgan fingerprint density at radius 1 is 1.21 bits per heavy atom. The molecule has 0 fully saturated rings. The topological polar surface area (TPSA) is 102 Å². The molecule has 4 aromatic rings. The third-order valence-corrected chi connectivity index (χ3v) is 5.14.